The van der Waals surface area contributed by atoms with Gasteiger partial charge in [0.2, 0.25) is 0 Å². The molecule has 2 rings (SSSR count). The summed E-state index contributed by atoms with van der Waals surface area (Å²) in [6.07, 6.45) is 0. The van der Waals surface area contributed by atoms with Crippen LogP contribution in [0.15, 0.2) is 48.5 Å². The van der Waals surface area contributed by atoms with Gasteiger partial charge in [0, 0.05) is 22.9 Å². The molecule has 0 fully saturated rings. The Morgan fingerprint density at radius 3 is 2.50 bits per heavy atom. The van der Waals surface area contributed by atoms with E-state index in [4.69, 9.17) is 17.3 Å². The quantitative estimate of drug-likeness (QED) is 0.795. The van der Waals surface area contributed by atoms with Crippen molar-refractivity contribution < 1.29 is 0 Å². The van der Waals surface area contributed by atoms with Crippen molar-refractivity contribution in [3.05, 3.63) is 59.1 Å². The third-order valence-corrected chi connectivity index (χ3v) is 2.54. The zero-order valence-electron chi connectivity index (χ0n) is 8.78. The lowest BCUT2D eigenvalue weighted by Crippen LogP contribution is -1.99. The van der Waals surface area contributed by atoms with Crippen molar-refractivity contribution in [2.75, 3.05) is 11.1 Å². The summed E-state index contributed by atoms with van der Waals surface area (Å²) in [5.74, 6) is 0. The molecular formula is C13H13ClN2. The Morgan fingerprint density at radius 2 is 1.81 bits per heavy atom. The first kappa shape index (κ1) is 10.8. The topological polar surface area (TPSA) is 38.0 Å². The van der Waals surface area contributed by atoms with Crippen molar-refractivity contribution in [3.8, 4) is 0 Å². The molecule has 0 aliphatic carbocycles. The summed E-state index contributed by atoms with van der Waals surface area (Å²) in [5, 5.41) is 4.05. The lowest BCUT2D eigenvalue weighted by Gasteiger charge is -2.07. The molecule has 0 spiro atoms. The molecule has 2 aromatic rings. The van der Waals surface area contributed by atoms with Crippen molar-refractivity contribution in [1.29, 1.82) is 0 Å². The molecule has 0 unspecified atom stereocenters. The van der Waals surface area contributed by atoms with Gasteiger partial charge in [-0.05, 0) is 42.0 Å². The molecule has 0 atom stereocenters. The van der Waals surface area contributed by atoms with Crippen molar-refractivity contribution in [3.63, 3.8) is 0 Å². The number of nitrogen functional groups attached to an aromatic ring is 1. The second-order valence-electron chi connectivity index (χ2n) is 3.61. The van der Waals surface area contributed by atoms with Crippen molar-refractivity contribution in [1.82, 2.24) is 0 Å². The summed E-state index contributed by atoms with van der Waals surface area (Å²) in [6, 6.07) is 15.5. The second-order valence-corrected chi connectivity index (χ2v) is 4.04. The fourth-order valence-corrected chi connectivity index (χ4v) is 1.60. The zero-order chi connectivity index (χ0) is 11.4. The van der Waals surface area contributed by atoms with Gasteiger partial charge < -0.3 is 11.1 Å². The van der Waals surface area contributed by atoms with E-state index in [0.29, 0.717) is 0 Å². The van der Waals surface area contributed by atoms with Crippen LogP contribution in [0.5, 0.6) is 0 Å². The minimum atomic E-state index is 0.745. The molecule has 0 saturated heterocycles. The number of benzene rings is 2. The number of anilines is 2. The van der Waals surface area contributed by atoms with Crippen LogP contribution in [0.25, 0.3) is 0 Å². The van der Waals surface area contributed by atoms with E-state index in [1.165, 1.54) is 0 Å². The minimum Gasteiger partial charge on any atom is -0.399 e. The van der Waals surface area contributed by atoms with Gasteiger partial charge in [-0.1, -0.05) is 23.7 Å². The third-order valence-electron chi connectivity index (χ3n) is 2.29. The van der Waals surface area contributed by atoms with Gasteiger partial charge in [0.25, 0.3) is 0 Å². The maximum atomic E-state index is 5.81. The number of rotatable bonds is 3. The summed E-state index contributed by atoms with van der Waals surface area (Å²) in [5.41, 5.74) is 8.70. The normalized spacial score (nSPS) is 10.1. The van der Waals surface area contributed by atoms with Crippen LogP contribution >= 0.6 is 11.6 Å². The van der Waals surface area contributed by atoms with E-state index < -0.39 is 0 Å². The molecule has 3 N–H and O–H groups in total. The first-order valence-electron chi connectivity index (χ1n) is 5.08. The molecule has 3 heteroatoms. The zero-order valence-corrected chi connectivity index (χ0v) is 9.54. The lowest BCUT2D eigenvalue weighted by molar-refractivity contribution is 1.15. The van der Waals surface area contributed by atoms with Gasteiger partial charge in [0.1, 0.15) is 0 Å². The fourth-order valence-electron chi connectivity index (χ4n) is 1.47. The van der Waals surface area contributed by atoms with E-state index in [2.05, 4.69) is 5.32 Å². The van der Waals surface area contributed by atoms with Crippen molar-refractivity contribution >= 4 is 23.0 Å². The number of halogens is 1. The average molecular weight is 233 g/mol. The monoisotopic (exact) mass is 232 g/mol. The first-order valence-corrected chi connectivity index (χ1v) is 5.46. The van der Waals surface area contributed by atoms with Gasteiger partial charge in [-0.15, -0.1) is 0 Å². The molecule has 16 heavy (non-hydrogen) atoms. The van der Waals surface area contributed by atoms with E-state index in [-0.39, 0.29) is 0 Å². The molecule has 0 bridgehead atoms. The largest absolute Gasteiger partial charge is 0.399 e. The maximum absolute atomic E-state index is 5.81. The summed E-state index contributed by atoms with van der Waals surface area (Å²) in [4.78, 5) is 0. The Hall–Kier alpha value is -1.67. The van der Waals surface area contributed by atoms with E-state index in [1.54, 1.807) is 0 Å². The molecule has 0 aromatic heterocycles. The van der Waals surface area contributed by atoms with Crippen LogP contribution in [-0.4, -0.2) is 0 Å². The average Bonchev–Trinajstić information content (AvgIpc) is 2.28. The Morgan fingerprint density at radius 1 is 1.06 bits per heavy atom. The molecule has 0 aliphatic heterocycles. The molecule has 2 nitrogen and oxygen atoms in total. The van der Waals surface area contributed by atoms with Crippen LogP contribution in [0, 0.1) is 0 Å². The van der Waals surface area contributed by atoms with Crippen LogP contribution < -0.4 is 11.1 Å². The van der Waals surface area contributed by atoms with Gasteiger partial charge in [0.05, 0.1) is 0 Å². The predicted molar refractivity (Wildman–Crippen MR) is 69.6 cm³/mol. The molecule has 2 aromatic carbocycles. The molecule has 0 amide bonds. The Bertz CT molecular complexity index is 466. The highest BCUT2D eigenvalue weighted by atomic mass is 35.5. The van der Waals surface area contributed by atoms with Gasteiger partial charge in [0.15, 0.2) is 0 Å². The van der Waals surface area contributed by atoms with Crippen LogP contribution in [0.3, 0.4) is 0 Å². The van der Waals surface area contributed by atoms with Gasteiger partial charge in [-0.25, -0.2) is 0 Å². The summed E-state index contributed by atoms with van der Waals surface area (Å²) >= 11 is 5.81. The van der Waals surface area contributed by atoms with E-state index in [1.807, 2.05) is 48.5 Å². The Kier molecular flexibility index (Phi) is 3.32. The van der Waals surface area contributed by atoms with Crippen LogP contribution in [-0.2, 0) is 6.54 Å². The standard InChI is InChI=1S/C13H13ClN2/c14-11-4-6-13(7-5-11)16-9-10-2-1-3-12(15)8-10/h1-8,16H,9,15H2. The Balaban J connectivity index is 1.99. The highest BCUT2D eigenvalue weighted by molar-refractivity contribution is 6.30. The summed E-state index contributed by atoms with van der Waals surface area (Å²) in [7, 11) is 0. The van der Waals surface area contributed by atoms with Gasteiger partial charge >= 0.3 is 0 Å². The lowest BCUT2D eigenvalue weighted by atomic mass is 10.2. The maximum Gasteiger partial charge on any atom is 0.0407 e. The summed E-state index contributed by atoms with van der Waals surface area (Å²) < 4.78 is 0. The predicted octanol–water partition coefficient (Wildman–Crippen LogP) is 3.53. The number of hydrogen-bond donors (Lipinski definition) is 2. The van der Waals surface area contributed by atoms with Crippen LogP contribution in [0.4, 0.5) is 11.4 Å². The molecule has 0 aliphatic rings. The van der Waals surface area contributed by atoms with Crippen LogP contribution in [0.2, 0.25) is 5.02 Å². The highest BCUT2D eigenvalue weighted by Gasteiger charge is 1.94. The number of hydrogen-bond acceptors (Lipinski definition) is 2. The fraction of sp³-hybridized carbons (Fsp3) is 0.0769. The molecular weight excluding hydrogens is 220 g/mol. The van der Waals surface area contributed by atoms with Crippen LogP contribution in [0.1, 0.15) is 5.56 Å². The Labute approximate surface area is 100 Å². The van der Waals surface area contributed by atoms with Crippen molar-refractivity contribution in [2.24, 2.45) is 0 Å². The van der Waals surface area contributed by atoms with E-state index in [9.17, 15) is 0 Å². The van der Waals surface area contributed by atoms with Gasteiger partial charge in [-0.3, -0.25) is 0 Å². The van der Waals surface area contributed by atoms with E-state index in [0.717, 1.165) is 28.5 Å². The second kappa shape index (κ2) is 4.90. The van der Waals surface area contributed by atoms with E-state index >= 15 is 0 Å². The summed E-state index contributed by atoms with van der Waals surface area (Å²) in [6.45, 7) is 0.757. The molecule has 0 radical (unpaired) electrons. The SMILES string of the molecule is Nc1cccc(CNc2ccc(Cl)cc2)c1. The number of nitrogens with one attached hydrogen (secondary N) is 1. The number of nitrogens with two attached hydrogens (primary N) is 1. The smallest absolute Gasteiger partial charge is 0.0407 e. The molecule has 82 valence electrons. The third kappa shape index (κ3) is 2.91. The first-order chi connectivity index (χ1) is 7.74. The molecule has 0 saturated carbocycles. The minimum absolute atomic E-state index is 0.745. The molecule has 0 heterocycles. The van der Waals surface area contributed by atoms with Crippen molar-refractivity contribution in [2.45, 2.75) is 6.54 Å². The van der Waals surface area contributed by atoms with Gasteiger partial charge in [-0.2, -0.15) is 0 Å². The highest BCUT2D eigenvalue weighted by Crippen LogP contribution is 2.15.